The average Bonchev–Trinajstić information content (AvgIpc) is 2.24. The first kappa shape index (κ1) is 20.2. The van der Waals surface area contributed by atoms with Gasteiger partial charge in [-0.3, -0.25) is 0 Å². The van der Waals surface area contributed by atoms with Gasteiger partial charge in [-0.1, -0.05) is 47.0 Å². The number of rotatable bonds is 0. The molecule has 0 radical (unpaired) electrons. The van der Waals surface area contributed by atoms with Gasteiger partial charge in [0.15, 0.2) is 0 Å². The molecule has 1 saturated heterocycles. The van der Waals surface area contributed by atoms with Crippen LogP contribution in [-0.4, -0.2) is 35.5 Å². The standard InChI is InChI=1S/C13H23N.2CH4.2H2O/c1-14-9-8-11-5-2-4-10-6-3-7-12(14)13(10)11;;;;/h10-13H,2-9H2,1H3;2*1H4;2*1H2. The minimum Gasteiger partial charge on any atom is -0.412 e. The maximum atomic E-state index is 2.67. The molecule has 0 spiro atoms. The quantitative estimate of drug-likeness (QED) is 0.660. The first-order valence-electron chi connectivity index (χ1n) is 6.56. The Labute approximate surface area is 114 Å². The molecule has 18 heavy (non-hydrogen) atoms. The van der Waals surface area contributed by atoms with Crippen LogP contribution in [0.1, 0.15) is 59.8 Å². The van der Waals surface area contributed by atoms with Gasteiger partial charge in [-0.25, -0.2) is 0 Å². The second kappa shape index (κ2) is 8.13. The van der Waals surface area contributed by atoms with Crippen LogP contribution in [0.2, 0.25) is 0 Å². The molecule has 3 nitrogen and oxygen atoms in total. The van der Waals surface area contributed by atoms with Gasteiger partial charge in [-0.2, -0.15) is 0 Å². The van der Waals surface area contributed by atoms with Crippen molar-refractivity contribution in [3.63, 3.8) is 0 Å². The molecule has 2 aliphatic carbocycles. The molecule has 0 aromatic carbocycles. The van der Waals surface area contributed by atoms with Gasteiger partial charge in [0, 0.05) is 6.04 Å². The summed E-state index contributed by atoms with van der Waals surface area (Å²) in [7, 11) is 2.36. The van der Waals surface area contributed by atoms with E-state index in [2.05, 4.69) is 11.9 Å². The average molecular weight is 261 g/mol. The fourth-order valence-corrected chi connectivity index (χ4v) is 4.55. The number of piperidine rings is 1. The van der Waals surface area contributed by atoms with Crippen molar-refractivity contribution in [2.24, 2.45) is 17.8 Å². The van der Waals surface area contributed by atoms with Gasteiger partial charge < -0.3 is 15.9 Å². The van der Waals surface area contributed by atoms with E-state index in [1.54, 1.807) is 19.3 Å². The lowest BCUT2D eigenvalue weighted by Crippen LogP contribution is -2.53. The monoisotopic (exact) mass is 261 g/mol. The van der Waals surface area contributed by atoms with Gasteiger partial charge in [-0.15, -0.1) is 0 Å². The highest BCUT2D eigenvalue weighted by Crippen LogP contribution is 2.48. The van der Waals surface area contributed by atoms with Crippen molar-refractivity contribution in [3.8, 4) is 0 Å². The largest absolute Gasteiger partial charge is 0.412 e. The molecule has 4 N–H and O–H groups in total. The SMILES string of the molecule is C.C.CN1CCC2CCCC3CCCC1C32.O.O. The Morgan fingerprint density at radius 3 is 1.89 bits per heavy atom. The lowest BCUT2D eigenvalue weighted by molar-refractivity contribution is -0.0261. The Kier molecular flexibility index (Phi) is 9.13. The maximum absolute atomic E-state index is 2.67. The summed E-state index contributed by atoms with van der Waals surface area (Å²) in [6, 6.07) is 0.966. The van der Waals surface area contributed by atoms with Crippen LogP contribution < -0.4 is 0 Å². The third kappa shape index (κ3) is 3.25. The van der Waals surface area contributed by atoms with Crippen molar-refractivity contribution in [3.05, 3.63) is 0 Å². The van der Waals surface area contributed by atoms with Crippen molar-refractivity contribution in [1.29, 1.82) is 0 Å². The molecule has 3 heteroatoms. The summed E-state index contributed by atoms with van der Waals surface area (Å²) in [5.74, 6) is 3.31. The van der Waals surface area contributed by atoms with Crippen molar-refractivity contribution in [2.75, 3.05) is 13.6 Å². The predicted molar refractivity (Wildman–Crippen MR) is 79.9 cm³/mol. The van der Waals surface area contributed by atoms with E-state index < -0.39 is 0 Å². The molecular weight excluding hydrogens is 226 g/mol. The summed E-state index contributed by atoms with van der Waals surface area (Å²) in [6.07, 6.45) is 10.7. The summed E-state index contributed by atoms with van der Waals surface area (Å²) < 4.78 is 0. The molecule has 3 aliphatic rings. The molecule has 2 saturated carbocycles. The fraction of sp³-hybridized carbons (Fsp3) is 1.00. The first-order chi connectivity index (χ1) is 6.86. The summed E-state index contributed by atoms with van der Waals surface area (Å²) >= 11 is 0. The van der Waals surface area contributed by atoms with Crippen LogP contribution in [0.4, 0.5) is 0 Å². The Bertz CT molecular complexity index is 214. The summed E-state index contributed by atoms with van der Waals surface area (Å²) in [5.41, 5.74) is 0. The molecule has 0 aromatic heterocycles. The van der Waals surface area contributed by atoms with Crippen molar-refractivity contribution in [1.82, 2.24) is 4.90 Å². The molecule has 1 heterocycles. The summed E-state index contributed by atoms with van der Waals surface area (Å²) in [6.45, 7) is 1.37. The van der Waals surface area contributed by atoms with Crippen LogP contribution in [0.5, 0.6) is 0 Å². The second-order valence-corrected chi connectivity index (χ2v) is 5.80. The van der Waals surface area contributed by atoms with E-state index in [0.29, 0.717) is 0 Å². The van der Waals surface area contributed by atoms with E-state index in [-0.39, 0.29) is 25.8 Å². The number of likely N-dealkylation sites (tertiary alicyclic amines) is 1. The molecule has 0 bridgehead atoms. The Morgan fingerprint density at radius 2 is 1.28 bits per heavy atom. The lowest BCUT2D eigenvalue weighted by Gasteiger charge is -2.53. The minimum atomic E-state index is 0. The zero-order chi connectivity index (χ0) is 9.54. The van der Waals surface area contributed by atoms with Gasteiger partial charge in [0.25, 0.3) is 0 Å². The maximum Gasteiger partial charge on any atom is 0.0126 e. The molecular formula is C15H35NO2. The minimum absolute atomic E-state index is 0. The molecule has 4 unspecified atom stereocenters. The number of hydrogen-bond donors (Lipinski definition) is 0. The van der Waals surface area contributed by atoms with Crippen LogP contribution in [0.25, 0.3) is 0 Å². The molecule has 3 fully saturated rings. The second-order valence-electron chi connectivity index (χ2n) is 5.80. The molecule has 4 atom stereocenters. The van der Waals surface area contributed by atoms with Crippen LogP contribution >= 0.6 is 0 Å². The van der Waals surface area contributed by atoms with Gasteiger partial charge >= 0.3 is 0 Å². The Morgan fingerprint density at radius 1 is 0.778 bits per heavy atom. The highest BCUT2D eigenvalue weighted by Gasteiger charge is 2.44. The van der Waals surface area contributed by atoms with E-state index >= 15 is 0 Å². The van der Waals surface area contributed by atoms with Gasteiger partial charge in [-0.05, 0) is 44.2 Å². The molecule has 0 amide bonds. The molecule has 1 aliphatic heterocycles. The normalized spacial score (nSPS) is 37.8. The summed E-state index contributed by atoms with van der Waals surface area (Å²) in [4.78, 5) is 2.67. The van der Waals surface area contributed by atoms with E-state index in [1.165, 1.54) is 32.2 Å². The van der Waals surface area contributed by atoms with Gasteiger partial charge in [0.05, 0.1) is 0 Å². The van der Waals surface area contributed by atoms with E-state index in [1.807, 2.05) is 0 Å². The first-order valence-corrected chi connectivity index (χ1v) is 6.56. The van der Waals surface area contributed by atoms with Gasteiger partial charge in [0.2, 0.25) is 0 Å². The number of hydrogen-bond acceptors (Lipinski definition) is 1. The van der Waals surface area contributed by atoms with Crippen LogP contribution in [-0.2, 0) is 0 Å². The smallest absolute Gasteiger partial charge is 0.0126 e. The van der Waals surface area contributed by atoms with Crippen LogP contribution in [0.15, 0.2) is 0 Å². The van der Waals surface area contributed by atoms with E-state index in [9.17, 15) is 0 Å². The fourth-order valence-electron chi connectivity index (χ4n) is 4.55. The number of nitrogens with zero attached hydrogens (tertiary/aromatic N) is 1. The third-order valence-electron chi connectivity index (χ3n) is 5.18. The zero-order valence-corrected chi connectivity index (χ0v) is 10.4. The highest BCUT2D eigenvalue weighted by molar-refractivity contribution is 4.96. The molecule has 112 valence electrons. The topological polar surface area (TPSA) is 66.2 Å². The predicted octanol–water partition coefficient (Wildman–Crippen LogP) is 2.53. The van der Waals surface area contributed by atoms with Crippen molar-refractivity contribution in [2.45, 2.75) is 65.8 Å². The highest BCUT2D eigenvalue weighted by atomic mass is 16.0. The Balaban J connectivity index is 0. The van der Waals surface area contributed by atoms with Crippen LogP contribution in [0, 0.1) is 17.8 Å². The molecule has 3 rings (SSSR count). The van der Waals surface area contributed by atoms with Crippen molar-refractivity contribution >= 4 is 0 Å². The lowest BCUT2D eigenvalue weighted by atomic mass is 9.60. The van der Waals surface area contributed by atoms with E-state index in [0.717, 1.165) is 23.8 Å². The van der Waals surface area contributed by atoms with Crippen molar-refractivity contribution < 1.29 is 11.0 Å². The van der Waals surface area contributed by atoms with Crippen LogP contribution in [0.3, 0.4) is 0 Å². The molecule has 0 aromatic rings. The zero-order valence-electron chi connectivity index (χ0n) is 10.4. The third-order valence-corrected chi connectivity index (χ3v) is 5.18. The van der Waals surface area contributed by atoms with Gasteiger partial charge in [0.1, 0.15) is 0 Å². The Hall–Kier alpha value is -0.120. The summed E-state index contributed by atoms with van der Waals surface area (Å²) in [5, 5.41) is 0. The van der Waals surface area contributed by atoms with E-state index in [4.69, 9.17) is 0 Å².